The maximum atomic E-state index is 12.7. The number of hydrogen-bond donors (Lipinski definition) is 2. The number of phenolic OH excluding ortho intramolecular Hbond substituents is 1. The fourth-order valence-corrected chi connectivity index (χ4v) is 3.72. The van der Waals surface area contributed by atoms with Crippen LogP contribution in [0.5, 0.6) is 11.5 Å². The number of methoxy groups -OCH3 is 2. The van der Waals surface area contributed by atoms with Gasteiger partial charge < -0.3 is 19.7 Å². The summed E-state index contributed by atoms with van der Waals surface area (Å²) in [5.74, 6) is -1.09. The van der Waals surface area contributed by atoms with E-state index in [9.17, 15) is 28.2 Å². The highest BCUT2D eigenvalue weighted by atomic mass is 32.2. The number of hydrogen-bond acceptors (Lipinski definition) is 7. The fourth-order valence-electron chi connectivity index (χ4n) is 2.68. The molecule has 162 valence electrons. The third-order valence-corrected chi connectivity index (χ3v) is 5.23. The first-order valence-electron chi connectivity index (χ1n) is 8.69. The van der Waals surface area contributed by atoms with Crippen molar-refractivity contribution < 1.29 is 37.7 Å². The Hall–Kier alpha value is -3.40. The van der Waals surface area contributed by atoms with Gasteiger partial charge >= 0.3 is 12.1 Å². The average Bonchev–Trinajstić information content (AvgIpc) is 3.02. The molecule has 0 amide bonds. The van der Waals surface area contributed by atoms with Crippen LogP contribution in [0.4, 0.5) is 18.9 Å². The van der Waals surface area contributed by atoms with Crippen molar-refractivity contribution in [2.45, 2.75) is 6.18 Å². The number of nitrogens with zero attached hydrogens (tertiary/aromatic N) is 1. The van der Waals surface area contributed by atoms with Gasteiger partial charge in [-0.3, -0.25) is 0 Å². The van der Waals surface area contributed by atoms with Crippen LogP contribution in [0.3, 0.4) is 0 Å². The third-order valence-electron chi connectivity index (χ3n) is 4.21. The number of aromatic hydroxyl groups is 1. The molecule has 6 nitrogen and oxygen atoms in total. The van der Waals surface area contributed by atoms with Gasteiger partial charge in [0.05, 0.1) is 30.4 Å². The van der Waals surface area contributed by atoms with Gasteiger partial charge in [-0.1, -0.05) is 17.8 Å². The Bertz CT molecular complexity index is 1100. The van der Waals surface area contributed by atoms with Crippen LogP contribution in [0.1, 0.15) is 11.1 Å². The summed E-state index contributed by atoms with van der Waals surface area (Å²) < 4.78 is 47.9. The number of esters is 1. The van der Waals surface area contributed by atoms with Crippen LogP contribution in [-0.2, 0) is 15.7 Å². The van der Waals surface area contributed by atoms with E-state index in [-0.39, 0.29) is 32.7 Å². The number of carbonyl (C=O) groups is 1. The molecule has 2 aromatic carbocycles. The number of aliphatic hydroxyl groups is 1. The second-order valence-electron chi connectivity index (χ2n) is 6.22. The van der Waals surface area contributed by atoms with Gasteiger partial charge in [0.15, 0.2) is 11.5 Å². The van der Waals surface area contributed by atoms with E-state index in [4.69, 9.17) is 9.47 Å². The number of ether oxygens (including phenoxy) is 2. The Labute approximate surface area is 179 Å². The molecular formula is C21H16F3NO5S. The Morgan fingerprint density at radius 1 is 1.10 bits per heavy atom. The monoisotopic (exact) mass is 451 g/mol. The zero-order valence-electron chi connectivity index (χ0n) is 16.2. The Balaban J connectivity index is 1.99. The van der Waals surface area contributed by atoms with Crippen LogP contribution in [-0.4, -0.2) is 35.4 Å². The number of aliphatic imine (C=N–C) groups is 1. The lowest BCUT2D eigenvalue weighted by Gasteiger charge is -2.06. The van der Waals surface area contributed by atoms with E-state index in [0.717, 1.165) is 43.1 Å². The molecule has 0 atom stereocenters. The molecule has 0 saturated heterocycles. The number of carbonyl (C=O) groups excluding carboxylic acids is 1. The van der Waals surface area contributed by atoms with E-state index in [1.807, 2.05) is 0 Å². The summed E-state index contributed by atoms with van der Waals surface area (Å²) in [6, 6.07) is 8.62. The normalized spacial score (nSPS) is 16.8. The number of phenols is 1. The lowest BCUT2D eigenvalue weighted by molar-refractivity contribution is -0.137. The van der Waals surface area contributed by atoms with Gasteiger partial charge in [-0.15, -0.1) is 0 Å². The second-order valence-corrected chi connectivity index (χ2v) is 7.25. The molecule has 3 rings (SSSR count). The molecule has 10 heteroatoms. The van der Waals surface area contributed by atoms with Crippen molar-refractivity contribution in [1.82, 2.24) is 0 Å². The van der Waals surface area contributed by atoms with E-state index < -0.39 is 23.5 Å². The van der Waals surface area contributed by atoms with Crippen molar-refractivity contribution in [3.8, 4) is 11.5 Å². The molecule has 1 aliphatic heterocycles. The van der Waals surface area contributed by atoms with Crippen molar-refractivity contribution in [1.29, 1.82) is 0 Å². The molecule has 0 fully saturated rings. The molecule has 2 N–H and O–H groups in total. The highest BCUT2D eigenvalue weighted by Gasteiger charge is 2.33. The lowest BCUT2D eigenvalue weighted by atomic mass is 10.1. The molecule has 2 aromatic rings. The molecule has 0 aliphatic carbocycles. The minimum Gasteiger partial charge on any atom is -0.506 e. The Morgan fingerprint density at radius 2 is 1.77 bits per heavy atom. The SMILES string of the molecule is COC(=O)C1=C(O)/C(=C\c2ccc(OC)c(O)c2)SC1=Nc1ccc(C(F)(F)F)cc1. The van der Waals surface area contributed by atoms with Gasteiger partial charge in [-0.25, -0.2) is 9.79 Å². The lowest BCUT2D eigenvalue weighted by Crippen LogP contribution is -2.10. The maximum absolute atomic E-state index is 12.7. The average molecular weight is 451 g/mol. The standard InChI is InChI=1S/C21H16F3NO5S/c1-29-15-8-3-11(9-14(15)26)10-16-18(27)17(20(28)30-2)19(31-16)25-13-6-4-12(5-7-13)21(22,23)24/h3-10,26-27H,1-2H3/b16-10+,25-19?. The van der Waals surface area contributed by atoms with Crippen LogP contribution >= 0.6 is 11.8 Å². The first-order chi connectivity index (χ1) is 14.6. The Morgan fingerprint density at radius 3 is 2.32 bits per heavy atom. The fraction of sp³-hybridized carbons (Fsp3) is 0.143. The predicted octanol–water partition coefficient (Wildman–Crippen LogP) is 5.22. The molecule has 0 bridgehead atoms. The van der Waals surface area contributed by atoms with E-state index in [1.165, 1.54) is 25.3 Å². The number of halogens is 3. The van der Waals surface area contributed by atoms with Gasteiger partial charge in [-0.2, -0.15) is 13.2 Å². The van der Waals surface area contributed by atoms with E-state index in [2.05, 4.69) is 4.99 Å². The van der Waals surface area contributed by atoms with Crippen molar-refractivity contribution >= 4 is 34.5 Å². The summed E-state index contributed by atoms with van der Waals surface area (Å²) in [6.07, 6.45) is -2.97. The minimum atomic E-state index is -4.48. The van der Waals surface area contributed by atoms with Crippen molar-refractivity contribution in [2.24, 2.45) is 4.99 Å². The number of alkyl halides is 3. The molecule has 0 unspecified atom stereocenters. The predicted molar refractivity (Wildman–Crippen MR) is 110 cm³/mol. The van der Waals surface area contributed by atoms with Crippen LogP contribution in [0, 0.1) is 0 Å². The van der Waals surface area contributed by atoms with Gasteiger partial charge in [0, 0.05) is 0 Å². The molecule has 0 radical (unpaired) electrons. The van der Waals surface area contributed by atoms with Gasteiger partial charge in [0.25, 0.3) is 0 Å². The molecule has 1 aliphatic rings. The van der Waals surface area contributed by atoms with Crippen LogP contribution in [0.2, 0.25) is 0 Å². The quantitative estimate of drug-likeness (QED) is 0.620. The zero-order valence-corrected chi connectivity index (χ0v) is 17.0. The largest absolute Gasteiger partial charge is 0.506 e. The van der Waals surface area contributed by atoms with Crippen LogP contribution in [0.25, 0.3) is 6.08 Å². The second kappa shape index (κ2) is 8.76. The number of rotatable bonds is 4. The summed E-state index contributed by atoms with van der Waals surface area (Å²) in [6.45, 7) is 0. The van der Waals surface area contributed by atoms with E-state index in [0.29, 0.717) is 5.56 Å². The topological polar surface area (TPSA) is 88.4 Å². The van der Waals surface area contributed by atoms with E-state index >= 15 is 0 Å². The summed E-state index contributed by atoms with van der Waals surface area (Å²) >= 11 is 0.937. The third kappa shape index (κ3) is 4.85. The van der Waals surface area contributed by atoms with E-state index in [1.54, 1.807) is 6.07 Å². The minimum absolute atomic E-state index is 0.0630. The highest BCUT2D eigenvalue weighted by molar-refractivity contribution is 8.18. The van der Waals surface area contributed by atoms with Crippen molar-refractivity contribution in [3.05, 3.63) is 69.8 Å². The molecule has 31 heavy (non-hydrogen) atoms. The zero-order chi connectivity index (χ0) is 22.8. The number of benzene rings is 2. The summed E-state index contributed by atoms with van der Waals surface area (Å²) in [5.41, 5.74) is -0.376. The van der Waals surface area contributed by atoms with Crippen LogP contribution < -0.4 is 4.74 Å². The van der Waals surface area contributed by atoms with Crippen LogP contribution in [0.15, 0.2) is 63.7 Å². The van der Waals surface area contributed by atoms with Gasteiger partial charge in [-0.05, 0) is 48.0 Å². The molecule has 0 saturated carbocycles. The molecule has 0 aromatic heterocycles. The molecule has 1 heterocycles. The summed E-state index contributed by atoms with van der Waals surface area (Å²) in [5, 5.41) is 20.5. The first-order valence-corrected chi connectivity index (χ1v) is 9.50. The molecule has 0 spiro atoms. The van der Waals surface area contributed by atoms with Crippen molar-refractivity contribution in [3.63, 3.8) is 0 Å². The van der Waals surface area contributed by atoms with Crippen molar-refractivity contribution in [2.75, 3.05) is 14.2 Å². The van der Waals surface area contributed by atoms with Gasteiger partial charge in [0.1, 0.15) is 16.4 Å². The summed E-state index contributed by atoms with van der Waals surface area (Å²) in [7, 11) is 2.54. The van der Waals surface area contributed by atoms with Gasteiger partial charge in [0.2, 0.25) is 0 Å². The first kappa shape index (κ1) is 22.3. The Kier molecular flexibility index (Phi) is 6.30. The highest BCUT2D eigenvalue weighted by Crippen LogP contribution is 2.41. The number of thioether (sulfide) groups is 1. The smallest absolute Gasteiger partial charge is 0.416 e. The summed E-state index contributed by atoms with van der Waals surface area (Å²) in [4.78, 5) is 16.6. The maximum Gasteiger partial charge on any atom is 0.416 e. The number of aliphatic hydroxyl groups excluding tert-OH is 1. The molecular weight excluding hydrogens is 435 g/mol.